The molecule has 2 rings (SSSR count). The van der Waals surface area contributed by atoms with Gasteiger partial charge in [0.05, 0.1) is 5.88 Å². The molecule has 2 N–H and O–H groups in total. The minimum atomic E-state index is -0.270. The van der Waals surface area contributed by atoms with Gasteiger partial charge < -0.3 is 15.5 Å². The van der Waals surface area contributed by atoms with Gasteiger partial charge in [-0.25, -0.2) is 0 Å². The van der Waals surface area contributed by atoms with Gasteiger partial charge in [-0.3, -0.25) is 9.59 Å². The van der Waals surface area contributed by atoms with Crippen LogP contribution in [-0.2, 0) is 9.59 Å². The maximum atomic E-state index is 12.1. The Morgan fingerprint density at radius 3 is 3.00 bits per heavy atom. The number of carbonyl (C=O) groups excluding carboxylic acids is 2. The molecule has 0 saturated carbocycles. The number of nitrogens with one attached hydrogen (secondary N) is 2. The van der Waals surface area contributed by atoms with Crippen molar-refractivity contribution in [1.29, 1.82) is 0 Å². The van der Waals surface area contributed by atoms with Crippen LogP contribution in [0.2, 0.25) is 0 Å². The average Bonchev–Trinajstić information content (AvgIpc) is 2.97. The molecule has 0 aromatic rings. The van der Waals surface area contributed by atoms with E-state index in [9.17, 15) is 9.59 Å². The molecule has 2 aliphatic heterocycles. The predicted octanol–water partition coefficient (Wildman–Crippen LogP) is -0.224. The van der Waals surface area contributed by atoms with Crippen LogP contribution in [0.1, 0.15) is 19.8 Å². The van der Waals surface area contributed by atoms with Crippen molar-refractivity contribution in [3.05, 3.63) is 0 Å². The first-order valence-electron chi connectivity index (χ1n) is 6.10. The first-order valence-corrected chi connectivity index (χ1v) is 7.26. The highest BCUT2D eigenvalue weighted by Crippen LogP contribution is 2.22. The smallest absolute Gasteiger partial charge is 0.243 e. The van der Waals surface area contributed by atoms with Crippen molar-refractivity contribution in [3.8, 4) is 0 Å². The van der Waals surface area contributed by atoms with Gasteiger partial charge in [0.15, 0.2) is 0 Å². The van der Waals surface area contributed by atoms with E-state index in [0.29, 0.717) is 12.3 Å². The minimum absolute atomic E-state index is 0.00509. The van der Waals surface area contributed by atoms with E-state index >= 15 is 0 Å². The lowest BCUT2D eigenvalue weighted by atomic mass is 10.2. The topological polar surface area (TPSA) is 61.4 Å². The highest BCUT2D eigenvalue weighted by atomic mass is 32.2. The van der Waals surface area contributed by atoms with Gasteiger partial charge in [0.1, 0.15) is 6.04 Å². The van der Waals surface area contributed by atoms with Crippen LogP contribution >= 0.6 is 11.8 Å². The Balaban J connectivity index is 1.90. The van der Waals surface area contributed by atoms with Crippen molar-refractivity contribution in [2.75, 3.05) is 24.7 Å². The molecule has 2 saturated heterocycles. The zero-order valence-electron chi connectivity index (χ0n) is 10.1. The van der Waals surface area contributed by atoms with Gasteiger partial charge in [-0.1, -0.05) is 6.92 Å². The Labute approximate surface area is 106 Å². The molecule has 2 atom stereocenters. The van der Waals surface area contributed by atoms with Crippen LogP contribution in [0.25, 0.3) is 0 Å². The number of hydrogen-bond acceptors (Lipinski definition) is 4. The van der Waals surface area contributed by atoms with Crippen molar-refractivity contribution in [2.45, 2.75) is 31.8 Å². The van der Waals surface area contributed by atoms with Gasteiger partial charge in [-0.05, 0) is 13.0 Å². The molecule has 96 valence electrons. The van der Waals surface area contributed by atoms with Gasteiger partial charge in [0.25, 0.3) is 0 Å². The highest BCUT2D eigenvalue weighted by molar-refractivity contribution is 7.99. The number of nitrogens with zero attached hydrogens (tertiary/aromatic N) is 1. The Kier molecular flexibility index (Phi) is 4.28. The van der Waals surface area contributed by atoms with Gasteiger partial charge in [0, 0.05) is 24.8 Å². The van der Waals surface area contributed by atoms with Gasteiger partial charge in [-0.15, -0.1) is 11.8 Å². The summed E-state index contributed by atoms with van der Waals surface area (Å²) in [5.41, 5.74) is 0. The van der Waals surface area contributed by atoms with Crippen LogP contribution in [0, 0.1) is 0 Å². The average molecular weight is 257 g/mol. The molecule has 2 amide bonds. The molecule has 0 aromatic carbocycles. The summed E-state index contributed by atoms with van der Waals surface area (Å²) in [6.07, 6.45) is 1.45. The molecule has 17 heavy (non-hydrogen) atoms. The third-order valence-electron chi connectivity index (χ3n) is 3.21. The third kappa shape index (κ3) is 2.93. The molecular weight excluding hydrogens is 238 g/mol. The zero-order chi connectivity index (χ0) is 12.3. The predicted molar refractivity (Wildman–Crippen MR) is 67.7 cm³/mol. The fraction of sp³-hybridized carbons (Fsp3) is 0.818. The van der Waals surface area contributed by atoms with Crippen molar-refractivity contribution in [1.82, 2.24) is 15.5 Å². The number of thioether (sulfide) groups is 1. The number of amides is 2. The zero-order valence-corrected chi connectivity index (χ0v) is 10.9. The lowest BCUT2D eigenvalue weighted by molar-refractivity contribution is -0.138. The van der Waals surface area contributed by atoms with Crippen molar-refractivity contribution >= 4 is 23.6 Å². The molecule has 5 nitrogen and oxygen atoms in total. The van der Waals surface area contributed by atoms with Gasteiger partial charge in [-0.2, -0.15) is 0 Å². The number of rotatable bonds is 3. The Morgan fingerprint density at radius 2 is 2.35 bits per heavy atom. The first-order chi connectivity index (χ1) is 8.22. The Hall–Kier alpha value is -0.750. The summed E-state index contributed by atoms with van der Waals surface area (Å²) in [5.74, 6) is 1.44. The maximum Gasteiger partial charge on any atom is 0.243 e. The van der Waals surface area contributed by atoms with E-state index in [1.807, 2.05) is 6.92 Å². The summed E-state index contributed by atoms with van der Waals surface area (Å²) < 4.78 is 0. The standard InChI is InChI=1S/C11H19N3O2S/c1-2-10(15)14-7-17-6-9(14)11(16)13-8-3-4-12-5-8/h8-9,12H,2-7H2,1H3,(H,13,16). The second kappa shape index (κ2) is 5.73. The molecule has 6 heteroatoms. The van der Waals surface area contributed by atoms with E-state index in [2.05, 4.69) is 10.6 Å². The number of carbonyl (C=O) groups is 2. The monoisotopic (exact) mass is 257 g/mol. The SMILES string of the molecule is CCC(=O)N1CSCC1C(=O)NC1CCNC1. The Bertz CT molecular complexity index is 305. The molecule has 2 heterocycles. The fourth-order valence-corrected chi connectivity index (χ4v) is 3.36. The van der Waals surface area contributed by atoms with Crippen LogP contribution in [0.4, 0.5) is 0 Å². The number of hydrogen-bond donors (Lipinski definition) is 2. The Morgan fingerprint density at radius 1 is 1.53 bits per heavy atom. The molecule has 2 fully saturated rings. The van der Waals surface area contributed by atoms with E-state index < -0.39 is 0 Å². The molecule has 0 aliphatic carbocycles. The maximum absolute atomic E-state index is 12.1. The van der Waals surface area contributed by atoms with E-state index in [4.69, 9.17) is 0 Å². The summed E-state index contributed by atoms with van der Waals surface area (Å²) in [6.45, 7) is 3.64. The molecule has 0 bridgehead atoms. The molecule has 0 spiro atoms. The van der Waals surface area contributed by atoms with E-state index in [1.165, 1.54) is 0 Å². The molecule has 0 radical (unpaired) electrons. The third-order valence-corrected chi connectivity index (χ3v) is 4.23. The van der Waals surface area contributed by atoms with Crippen molar-refractivity contribution in [2.24, 2.45) is 0 Å². The van der Waals surface area contributed by atoms with Gasteiger partial charge in [0.2, 0.25) is 11.8 Å². The second-order valence-electron chi connectivity index (χ2n) is 4.43. The minimum Gasteiger partial charge on any atom is -0.350 e. The summed E-state index contributed by atoms with van der Waals surface area (Å²) in [5, 5.41) is 6.23. The largest absolute Gasteiger partial charge is 0.350 e. The summed E-state index contributed by atoms with van der Waals surface area (Å²) in [6, 6.07) is -0.0419. The van der Waals surface area contributed by atoms with Crippen LogP contribution in [0.3, 0.4) is 0 Å². The molecule has 0 aromatic heterocycles. The van der Waals surface area contributed by atoms with Crippen molar-refractivity contribution in [3.63, 3.8) is 0 Å². The normalized spacial score (nSPS) is 28.4. The second-order valence-corrected chi connectivity index (χ2v) is 5.43. The van der Waals surface area contributed by atoms with E-state index in [1.54, 1.807) is 16.7 Å². The van der Waals surface area contributed by atoms with Crippen LogP contribution < -0.4 is 10.6 Å². The van der Waals surface area contributed by atoms with Gasteiger partial charge >= 0.3 is 0 Å². The molecule has 2 aliphatic rings. The summed E-state index contributed by atoms with van der Waals surface area (Å²) in [4.78, 5) is 25.5. The molecular formula is C11H19N3O2S. The van der Waals surface area contributed by atoms with Crippen LogP contribution in [0.15, 0.2) is 0 Å². The molecule has 2 unspecified atom stereocenters. The summed E-state index contributed by atoms with van der Waals surface area (Å²) in [7, 11) is 0. The van der Waals surface area contributed by atoms with Crippen molar-refractivity contribution < 1.29 is 9.59 Å². The quantitative estimate of drug-likeness (QED) is 0.733. The summed E-state index contributed by atoms with van der Waals surface area (Å²) >= 11 is 1.65. The lowest BCUT2D eigenvalue weighted by Gasteiger charge is -2.24. The van der Waals surface area contributed by atoms with E-state index in [0.717, 1.165) is 25.3 Å². The highest BCUT2D eigenvalue weighted by Gasteiger charge is 2.34. The first kappa shape index (κ1) is 12.7. The fourth-order valence-electron chi connectivity index (χ4n) is 2.18. The van der Waals surface area contributed by atoms with Crippen LogP contribution in [-0.4, -0.2) is 53.5 Å². The van der Waals surface area contributed by atoms with Crippen LogP contribution in [0.5, 0.6) is 0 Å². The van der Waals surface area contributed by atoms with E-state index in [-0.39, 0.29) is 23.9 Å². The lowest BCUT2D eigenvalue weighted by Crippen LogP contribution is -2.50.